The van der Waals surface area contributed by atoms with Crippen molar-refractivity contribution in [2.24, 2.45) is 5.92 Å². The van der Waals surface area contributed by atoms with Crippen molar-refractivity contribution in [3.8, 4) is 21.7 Å². The number of phosphoric ester groups is 1. The average molecular weight is 810 g/mol. The quantitative estimate of drug-likeness (QED) is 0.0984. The van der Waals surface area contributed by atoms with Gasteiger partial charge in [0.1, 0.15) is 16.4 Å². The maximum absolute atomic E-state index is 14.1. The number of amides is 2. The molecular weight excluding hydrogens is 762 g/mol. The third-order valence-corrected chi connectivity index (χ3v) is 10.5. The Morgan fingerprint density at radius 3 is 2.20 bits per heavy atom. The summed E-state index contributed by atoms with van der Waals surface area (Å²) in [5.41, 5.74) is -2.63. The minimum atomic E-state index is -4.70. The molecule has 0 aliphatic heterocycles. The summed E-state index contributed by atoms with van der Waals surface area (Å²) in [5, 5.41) is 6.06. The molecule has 0 bridgehead atoms. The predicted molar refractivity (Wildman–Crippen MR) is 205 cm³/mol. The maximum Gasteiger partial charge on any atom is 0.475 e. The molecule has 0 saturated heterocycles. The zero-order chi connectivity index (χ0) is 41.1. The van der Waals surface area contributed by atoms with Crippen LogP contribution in [0.1, 0.15) is 91.3 Å². The van der Waals surface area contributed by atoms with Crippen molar-refractivity contribution in [2.75, 3.05) is 25.1 Å². The summed E-state index contributed by atoms with van der Waals surface area (Å²) in [6.45, 7) is 17.5. The van der Waals surface area contributed by atoms with Gasteiger partial charge >= 0.3 is 26.0 Å². The molecule has 2 N–H and O–H groups in total. The molecule has 18 heteroatoms. The van der Waals surface area contributed by atoms with E-state index in [2.05, 4.69) is 20.6 Å². The summed E-state index contributed by atoms with van der Waals surface area (Å²) in [7, 11) is -4.18. The van der Waals surface area contributed by atoms with E-state index in [4.69, 9.17) is 18.3 Å². The highest BCUT2D eigenvalue weighted by molar-refractivity contribution is 7.48. The number of alkyl halides is 3. The molecule has 0 radical (unpaired) electrons. The molecule has 0 fully saturated rings. The lowest BCUT2D eigenvalue weighted by molar-refractivity contribution is -0.140. The van der Waals surface area contributed by atoms with E-state index in [1.165, 1.54) is 24.5 Å². The lowest BCUT2D eigenvalue weighted by Crippen LogP contribution is -2.29. The fraction of sp³-hybridized carbons (Fsp3) is 0.486. The number of hydrogen-bond acceptors (Lipinski definition) is 11. The second-order valence-corrected chi connectivity index (χ2v) is 17.2. The number of carbonyl (C=O) groups excluding carboxylic acids is 2. The number of fused-ring (bicyclic) bond motifs is 1. The number of phosphoric acid groups is 1. The molecule has 1 aromatic carbocycles. The van der Waals surface area contributed by atoms with Gasteiger partial charge in [-0.25, -0.2) is 24.1 Å². The number of pyridine rings is 2. The van der Waals surface area contributed by atoms with Crippen LogP contribution in [0.4, 0.5) is 23.8 Å². The van der Waals surface area contributed by atoms with Gasteiger partial charge in [0.15, 0.2) is 5.69 Å². The molecule has 3 aromatic heterocycles. The molecular formula is C37H47F3N5O8PS. The third-order valence-electron chi connectivity index (χ3n) is 7.65. The monoisotopic (exact) mass is 809 g/mol. The van der Waals surface area contributed by atoms with E-state index in [0.29, 0.717) is 23.2 Å². The number of nitrogens with zero attached hydrogens (tertiary/aromatic N) is 3. The van der Waals surface area contributed by atoms with E-state index in [0.717, 1.165) is 16.7 Å². The molecule has 0 spiro atoms. The van der Waals surface area contributed by atoms with Crippen LogP contribution in [0.15, 0.2) is 46.8 Å². The fourth-order valence-corrected chi connectivity index (χ4v) is 8.11. The number of nitrogens with one attached hydrogen (secondary N) is 2. The van der Waals surface area contributed by atoms with E-state index >= 15 is 0 Å². The van der Waals surface area contributed by atoms with Gasteiger partial charge in [-0.2, -0.15) is 13.2 Å². The van der Waals surface area contributed by atoms with Gasteiger partial charge in [-0.3, -0.25) is 23.7 Å². The summed E-state index contributed by atoms with van der Waals surface area (Å²) in [6, 6.07) is 4.95. The van der Waals surface area contributed by atoms with Gasteiger partial charge in [-0.05, 0) is 85.1 Å². The molecule has 2 amide bonds. The Hall–Kier alpha value is -4.15. The van der Waals surface area contributed by atoms with Gasteiger partial charge in [0.25, 0.3) is 0 Å². The smallest absolute Gasteiger partial charge is 0.462 e. The van der Waals surface area contributed by atoms with Crippen LogP contribution < -0.4 is 16.1 Å². The maximum atomic E-state index is 14.1. The van der Waals surface area contributed by atoms with Crippen molar-refractivity contribution in [3.05, 3.63) is 63.5 Å². The molecule has 0 aliphatic carbocycles. The van der Waals surface area contributed by atoms with Crippen LogP contribution in [-0.2, 0) is 29.0 Å². The molecule has 4 rings (SSSR count). The Labute approximate surface area is 321 Å². The summed E-state index contributed by atoms with van der Waals surface area (Å²) in [4.78, 5) is 47.7. The van der Waals surface area contributed by atoms with Gasteiger partial charge in [0.2, 0.25) is 5.43 Å². The van der Waals surface area contributed by atoms with E-state index < -0.39 is 54.4 Å². The molecule has 0 saturated carbocycles. The number of benzene rings is 1. The van der Waals surface area contributed by atoms with Crippen LogP contribution in [0.3, 0.4) is 0 Å². The van der Waals surface area contributed by atoms with E-state index in [1.807, 2.05) is 13.8 Å². The van der Waals surface area contributed by atoms with Gasteiger partial charge < -0.3 is 14.6 Å². The summed E-state index contributed by atoms with van der Waals surface area (Å²) in [5.74, 6) is -1.06. The van der Waals surface area contributed by atoms with Gasteiger partial charge in [0.05, 0.1) is 36.0 Å². The number of rotatable bonds is 13. The van der Waals surface area contributed by atoms with E-state index in [9.17, 15) is 32.1 Å². The third kappa shape index (κ3) is 11.2. The fourth-order valence-electron chi connectivity index (χ4n) is 5.43. The highest BCUT2D eigenvalue weighted by Gasteiger charge is 2.39. The van der Waals surface area contributed by atoms with Crippen LogP contribution in [0.2, 0.25) is 0 Å². The Morgan fingerprint density at radius 2 is 1.65 bits per heavy atom. The van der Waals surface area contributed by atoms with Crippen LogP contribution in [0.25, 0.3) is 32.6 Å². The topological polar surface area (TPSA) is 160 Å². The molecule has 13 nitrogen and oxygen atoms in total. The Balaban J connectivity index is 1.93. The first-order chi connectivity index (χ1) is 25.4. The highest BCUT2D eigenvalue weighted by Crippen LogP contribution is 2.56. The zero-order valence-electron chi connectivity index (χ0n) is 32.4. The number of aromatic nitrogens is 3. The molecule has 300 valence electrons. The average Bonchev–Trinajstić information content (AvgIpc) is 3.55. The van der Waals surface area contributed by atoms with Gasteiger partial charge in [0, 0.05) is 40.8 Å². The number of halogens is 3. The number of esters is 1. The highest BCUT2D eigenvalue weighted by atomic mass is 32.1. The number of thiazole rings is 1. The second-order valence-electron chi connectivity index (χ2n) is 14.8. The molecule has 3 heterocycles. The number of urea groups is 1. The Morgan fingerprint density at radius 1 is 1.00 bits per heavy atom. The molecule has 0 unspecified atom stereocenters. The SMILES string of the molecule is CCNC(=O)Nc1cc(-c2nc(C(F)(F)F)cs2)c(-c2ccc3c(c2)c(=O)c(C(=O)OCC)cn3[C@H](COP(=O)(OC(C)(C)C)OC(C)(C)C)C(C)C)cn1. The first-order valence-electron chi connectivity index (χ1n) is 17.6. The summed E-state index contributed by atoms with van der Waals surface area (Å²) < 4.78 is 79.4. The molecule has 55 heavy (non-hydrogen) atoms. The number of carbonyl (C=O) groups is 2. The first kappa shape index (κ1) is 43.6. The Kier molecular flexibility index (Phi) is 13.4. The van der Waals surface area contributed by atoms with Crippen molar-refractivity contribution < 1.29 is 45.6 Å². The Bertz CT molecular complexity index is 2120. The largest absolute Gasteiger partial charge is 0.475 e. The molecule has 0 aliphatic rings. The number of hydrogen-bond donors (Lipinski definition) is 2. The van der Waals surface area contributed by atoms with E-state index in [-0.39, 0.29) is 46.5 Å². The second kappa shape index (κ2) is 16.9. The first-order valence-corrected chi connectivity index (χ1v) is 19.9. The van der Waals surface area contributed by atoms with E-state index in [1.54, 1.807) is 72.1 Å². The van der Waals surface area contributed by atoms with Crippen LogP contribution >= 0.6 is 19.2 Å². The van der Waals surface area contributed by atoms with Crippen molar-refractivity contribution in [1.82, 2.24) is 19.9 Å². The lowest BCUT2D eigenvalue weighted by atomic mass is 9.98. The predicted octanol–water partition coefficient (Wildman–Crippen LogP) is 9.48. The number of ether oxygens (including phenoxy) is 1. The zero-order valence-corrected chi connectivity index (χ0v) is 34.1. The van der Waals surface area contributed by atoms with Gasteiger partial charge in [-0.15, -0.1) is 11.3 Å². The summed E-state index contributed by atoms with van der Waals surface area (Å²) in [6.07, 6.45) is -1.98. The molecule has 4 aromatic rings. The van der Waals surface area contributed by atoms with Crippen molar-refractivity contribution in [3.63, 3.8) is 0 Å². The van der Waals surface area contributed by atoms with Crippen molar-refractivity contribution in [1.29, 1.82) is 0 Å². The molecule has 1 atom stereocenters. The van der Waals surface area contributed by atoms with Crippen LogP contribution in [0, 0.1) is 5.92 Å². The minimum absolute atomic E-state index is 0.00996. The normalized spacial score (nSPS) is 13.3. The van der Waals surface area contributed by atoms with Crippen molar-refractivity contribution in [2.45, 2.75) is 92.7 Å². The van der Waals surface area contributed by atoms with Gasteiger partial charge in [-0.1, -0.05) is 19.9 Å². The lowest BCUT2D eigenvalue weighted by Gasteiger charge is -2.33. The minimum Gasteiger partial charge on any atom is -0.462 e. The summed E-state index contributed by atoms with van der Waals surface area (Å²) >= 11 is 0.747. The standard InChI is InChI=1S/C37H47F3N5O8PS/c1-11-41-34(48)44-30-16-23(32-43-29(20-55-32)37(38,39)40)25(17-42-30)22-13-14-27-24(15-22)31(46)26(33(47)50-12-2)18-45(27)28(21(3)4)19-51-54(49,52-35(5,6)7)53-36(8,9)10/h13-18,20-21,28H,11-12,19H2,1-10H3,(H2,41,42,44,48)/t28-/m1/s1. The van der Waals surface area contributed by atoms with Crippen molar-refractivity contribution >= 4 is 47.9 Å². The number of anilines is 1. The van der Waals surface area contributed by atoms with Crippen LogP contribution in [0.5, 0.6) is 0 Å². The van der Waals surface area contributed by atoms with Crippen LogP contribution in [-0.4, -0.2) is 57.5 Å².